The standard InChI is InChI=1S/C24H26N2O5/c1-4-17(18-10-6-5-7-11-18)14-25-21(27)16(3)31-24(30)15(2)26-22(28)19-12-8-9-13-20(19)23(26)29/h5-13,15-17H,4,14H2,1-3H3,(H,25,27)/t15-,16-,17-/m1/s1. The van der Waals surface area contributed by atoms with Crippen LogP contribution in [0.4, 0.5) is 0 Å². The second-order valence-corrected chi connectivity index (χ2v) is 7.54. The predicted octanol–water partition coefficient (Wildman–Crippen LogP) is 2.91. The number of carbonyl (C=O) groups is 4. The molecule has 162 valence electrons. The number of ether oxygens (including phenoxy) is 1. The second kappa shape index (κ2) is 9.55. The van der Waals surface area contributed by atoms with E-state index >= 15 is 0 Å². The lowest BCUT2D eigenvalue weighted by Crippen LogP contribution is -2.46. The zero-order valence-corrected chi connectivity index (χ0v) is 17.8. The topological polar surface area (TPSA) is 92.8 Å². The highest BCUT2D eigenvalue weighted by Crippen LogP contribution is 2.25. The Kier molecular flexibility index (Phi) is 6.84. The molecule has 1 heterocycles. The molecule has 1 aliphatic rings. The van der Waals surface area contributed by atoms with Crippen molar-refractivity contribution in [3.05, 3.63) is 71.3 Å². The van der Waals surface area contributed by atoms with E-state index in [2.05, 4.69) is 5.32 Å². The smallest absolute Gasteiger partial charge is 0.329 e. The molecule has 0 aliphatic carbocycles. The molecule has 7 heteroatoms. The Labute approximate surface area is 181 Å². The maximum atomic E-state index is 12.6. The van der Waals surface area contributed by atoms with Crippen LogP contribution < -0.4 is 5.32 Å². The summed E-state index contributed by atoms with van der Waals surface area (Å²) in [5.41, 5.74) is 1.63. The van der Waals surface area contributed by atoms with Crippen LogP contribution in [0.3, 0.4) is 0 Å². The van der Waals surface area contributed by atoms with Crippen LogP contribution in [-0.4, -0.2) is 47.3 Å². The fourth-order valence-corrected chi connectivity index (χ4v) is 3.58. The molecule has 7 nitrogen and oxygen atoms in total. The van der Waals surface area contributed by atoms with Crippen LogP contribution in [0, 0.1) is 0 Å². The molecule has 0 bridgehead atoms. The minimum Gasteiger partial charge on any atom is -0.451 e. The number of hydrogen-bond donors (Lipinski definition) is 1. The number of amides is 3. The third-order valence-electron chi connectivity index (χ3n) is 5.50. The Balaban J connectivity index is 1.57. The zero-order chi connectivity index (χ0) is 22.5. The lowest BCUT2D eigenvalue weighted by molar-refractivity contribution is -0.158. The predicted molar refractivity (Wildman–Crippen MR) is 114 cm³/mol. The van der Waals surface area contributed by atoms with Gasteiger partial charge in [-0.05, 0) is 38.0 Å². The SMILES string of the molecule is CC[C@H](CNC(=O)[C@@H](C)OC(=O)[C@@H](C)N1C(=O)c2ccccc2C1=O)c1ccccc1. The molecule has 1 aliphatic heterocycles. The normalized spacial score (nSPS) is 15.8. The van der Waals surface area contributed by atoms with E-state index in [9.17, 15) is 19.2 Å². The van der Waals surface area contributed by atoms with Crippen LogP contribution in [0.5, 0.6) is 0 Å². The van der Waals surface area contributed by atoms with Gasteiger partial charge in [0.25, 0.3) is 17.7 Å². The van der Waals surface area contributed by atoms with Gasteiger partial charge >= 0.3 is 5.97 Å². The van der Waals surface area contributed by atoms with E-state index < -0.39 is 35.8 Å². The number of nitrogens with zero attached hydrogens (tertiary/aromatic N) is 1. The van der Waals surface area contributed by atoms with Crippen molar-refractivity contribution < 1.29 is 23.9 Å². The summed E-state index contributed by atoms with van der Waals surface area (Å²) < 4.78 is 5.26. The highest BCUT2D eigenvalue weighted by molar-refractivity contribution is 6.22. The highest BCUT2D eigenvalue weighted by Gasteiger charge is 2.41. The van der Waals surface area contributed by atoms with Gasteiger partial charge in [0, 0.05) is 12.5 Å². The Bertz CT molecular complexity index is 953. The van der Waals surface area contributed by atoms with Crippen molar-refractivity contribution in [2.75, 3.05) is 6.54 Å². The molecule has 0 saturated carbocycles. The summed E-state index contributed by atoms with van der Waals surface area (Å²) in [7, 11) is 0. The van der Waals surface area contributed by atoms with Crippen LogP contribution in [0.15, 0.2) is 54.6 Å². The van der Waals surface area contributed by atoms with Crippen molar-refractivity contribution >= 4 is 23.7 Å². The van der Waals surface area contributed by atoms with Crippen molar-refractivity contribution in [3.63, 3.8) is 0 Å². The second-order valence-electron chi connectivity index (χ2n) is 7.54. The Morgan fingerprint density at radius 1 is 0.935 bits per heavy atom. The Morgan fingerprint density at radius 3 is 2.03 bits per heavy atom. The number of carbonyl (C=O) groups excluding carboxylic acids is 4. The fraction of sp³-hybridized carbons (Fsp3) is 0.333. The lowest BCUT2D eigenvalue weighted by Gasteiger charge is -2.23. The molecule has 3 rings (SSSR count). The van der Waals surface area contributed by atoms with Crippen LogP contribution in [0.1, 0.15) is 59.4 Å². The first-order valence-corrected chi connectivity index (χ1v) is 10.3. The molecule has 0 fully saturated rings. The first-order chi connectivity index (χ1) is 14.8. The molecule has 0 spiro atoms. The fourth-order valence-electron chi connectivity index (χ4n) is 3.58. The molecule has 2 aromatic rings. The number of benzene rings is 2. The van der Waals surface area contributed by atoms with Crippen molar-refractivity contribution in [1.82, 2.24) is 10.2 Å². The van der Waals surface area contributed by atoms with Gasteiger partial charge in [-0.15, -0.1) is 0 Å². The van der Waals surface area contributed by atoms with Crippen LogP contribution in [0.25, 0.3) is 0 Å². The minimum absolute atomic E-state index is 0.144. The molecule has 31 heavy (non-hydrogen) atoms. The van der Waals surface area contributed by atoms with Gasteiger partial charge in [-0.2, -0.15) is 0 Å². The van der Waals surface area contributed by atoms with Gasteiger partial charge in [-0.3, -0.25) is 19.3 Å². The molecule has 0 saturated heterocycles. The molecular weight excluding hydrogens is 396 g/mol. The number of rotatable bonds is 8. The summed E-state index contributed by atoms with van der Waals surface area (Å²) >= 11 is 0. The number of hydrogen-bond acceptors (Lipinski definition) is 5. The van der Waals surface area contributed by atoms with Gasteiger partial charge in [-0.25, -0.2) is 4.79 Å². The number of nitrogens with one attached hydrogen (secondary N) is 1. The average molecular weight is 422 g/mol. The van der Waals surface area contributed by atoms with Crippen LogP contribution in [0.2, 0.25) is 0 Å². The van der Waals surface area contributed by atoms with Gasteiger partial charge in [0.1, 0.15) is 6.04 Å². The third-order valence-corrected chi connectivity index (χ3v) is 5.50. The molecule has 1 N–H and O–H groups in total. The Hall–Kier alpha value is -3.48. The van der Waals surface area contributed by atoms with Crippen LogP contribution in [-0.2, 0) is 14.3 Å². The van der Waals surface area contributed by atoms with E-state index in [4.69, 9.17) is 4.74 Å². The first-order valence-electron chi connectivity index (χ1n) is 10.3. The summed E-state index contributed by atoms with van der Waals surface area (Å²) in [6.07, 6.45) is -0.215. The quantitative estimate of drug-likeness (QED) is 0.522. The molecule has 2 aromatic carbocycles. The molecule has 0 unspecified atom stereocenters. The van der Waals surface area contributed by atoms with E-state index in [1.165, 1.54) is 13.8 Å². The summed E-state index contributed by atoms with van der Waals surface area (Å²) in [5, 5.41) is 2.81. The maximum Gasteiger partial charge on any atom is 0.329 e. The van der Waals surface area contributed by atoms with Crippen molar-refractivity contribution in [2.45, 2.75) is 45.3 Å². The monoisotopic (exact) mass is 422 g/mol. The molecule has 0 radical (unpaired) electrons. The van der Waals surface area contributed by atoms with Gasteiger partial charge in [0.2, 0.25) is 0 Å². The number of esters is 1. The summed E-state index contributed by atoms with van der Waals surface area (Å²) in [4.78, 5) is 50.9. The van der Waals surface area contributed by atoms with Gasteiger partial charge in [0.05, 0.1) is 11.1 Å². The largest absolute Gasteiger partial charge is 0.451 e. The Morgan fingerprint density at radius 2 is 1.48 bits per heavy atom. The van der Waals surface area contributed by atoms with E-state index in [0.717, 1.165) is 16.9 Å². The van der Waals surface area contributed by atoms with Gasteiger partial charge < -0.3 is 10.1 Å². The van der Waals surface area contributed by atoms with E-state index in [1.54, 1.807) is 24.3 Å². The number of imide groups is 1. The summed E-state index contributed by atoms with van der Waals surface area (Å²) in [6.45, 7) is 5.33. The van der Waals surface area contributed by atoms with Crippen molar-refractivity contribution in [2.24, 2.45) is 0 Å². The molecule has 0 aromatic heterocycles. The van der Waals surface area contributed by atoms with E-state index in [-0.39, 0.29) is 17.0 Å². The van der Waals surface area contributed by atoms with E-state index in [0.29, 0.717) is 6.54 Å². The molecule has 3 amide bonds. The lowest BCUT2D eigenvalue weighted by atomic mass is 9.96. The first kappa shape index (κ1) is 22.2. The summed E-state index contributed by atoms with van der Waals surface area (Å²) in [5.74, 6) is -2.19. The van der Waals surface area contributed by atoms with Gasteiger partial charge in [-0.1, -0.05) is 49.4 Å². The number of fused-ring (bicyclic) bond motifs is 1. The highest BCUT2D eigenvalue weighted by atomic mass is 16.5. The minimum atomic E-state index is -1.14. The molecular formula is C24H26N2O5. The summed E-state index contributed by atoms with van der Waals surface area (Å²) in [6, 6.07) is 15.1. The molecule has 3 atom stereocenters. The van der Waals surface area contributed by atoms with Crippen molar-refractivity contribution in [3.8, 4) is 0 Å². The average Bonchev–Trinajstić information content (AvgIpc) is 3.04. The zero-order valence-electron chi connectivity index (χ0n) is 17.8. The van der Waals surface area contributed by atoms with E-state index in [1.807, 2.05) is 37.3 Å². The van der Waals surface area contributed by atoms with Gasteiger partial charge in [0.15, 0.2) is 6.10 Å². The maximum absolute atomic E-state index is 12.6. The third kappa shape index (κ3) is 4.66. The van der Waals surface area contributed by atoms with Crippen molar-refractivity contribution in [1.29, 1.82) is 0 Å². The van der Waals surface area contributed by atoms with Crippen LogP contribution >= 0.6 is 0 Å².